The van der Waals surface area contributed by atoms with Crippen molar-refractivity contribution < 1.29 is 9.53 Å². The van der Waals surface area contributed by atoms with Gasteiger partial charge in [-0.1, -0.05) is 23.7 Å². The Morgan fingerprint density at radius 3 is 2.84 bits per heavy atom. The highest BCUT2D eigenvalue weighted by molar-refractivity contribution is 9.10. The zero-order valence-corrected chi connectivity index (χ0v) is 20.0. The van der Waals surface area contributed by atoms with Gasteiger partial charge in [-0.3, -0.25) is 4.79 Å². The van der Waals surface area contributed by atoms with Gasteiger partial charge in [0.15, 0.2) is 0 Å². The third-order valence-electron chi connectivity index (χ3n) is 5.42. The van der Waals surface area contributed by atoms with E-state index in [9.17, 15) is 4.79 Å². The topological polar surface area (TPSA) is 88.2 Å². The van der Waals surface area contributed by atoms with Crippen LogP contribution in [0.2, 0.25) is 5.02 Å². The van der Waals surface area contributed by atoms with Crippen molar-refractivity contribution >= 4 is 50.8 Å². The third-order valence-corrected chi connectivity index (χ3v) is 6.39. The first kappa shape index (κ1) is 22.5. The SMILES string of the molecule is COc1nc(Nc2ccc([C@@H]3CCNC3)c(C)c2)ncc1C(=O)Nc1c(Cl)cccc1Br. The maximum Gasteiger partial charge on any atom is 0.262 e. The van der Waals surface area contributed by atoms with E-state index in [2.05, 4.69) is 60.9 Å². The summed E-state index contributed by atoms with van der Waals surface area (Å²) < 4.78 is 6.02. The minimum absolute atomic E-state index is 0.161. The second-order valence-electron chi connectivity index (χ2n) is 7.55. The molecule has 3 N–H and O–H groups in total. The highest BCUT2D eigenvalue weighted by Crippen LogP contribution is 2.32. The molecule has 2 aromatic carbocycles. The number of aryl methyl sites for hydroxylation is 1. The molecule has 0 radical (unpaired) electrons. The third kappa shape index (κ3) is 4.87. The van der Waals surface area contributed by atoms with Crippen LogP contribution >= 0.6 is 27.5 Å². The standard InChI is InChI=1S/C23H23BrClN5O2/c1-13-10-15(6-7-16(13)14-8-9-26-11-14)28-23-27-12-17(22(30-23)32-2)21(31)29-20-18(24)4-3-5-19(20)25/h3-7,10,12,14,26H,8-9,11H2,1-2H3,(H,29,31)(H,27,28,30)/t14-/m1/s1. The number of hydrogen-bond acceptors (Lipinski definition) is 6. The van der Waals surface area contributed by atoms with E-state index in [0.717, 1.165) is 25.2 Å². The van der Waals surface area contributed by atoms with Crippen molar-refractivity contribution in [3.63, 3.8) is 0 Å². The van der Waals surface area contributed by atoms with Crippen molar-refractivity contribution in [2.45, 2.75) is 19.3 Å². The van der Waals surface area contributed by atoms with Crippen LogP contribution < -0.4 is 20.7 Å². The van der Waals surface area contributed by atoms with Gasteiger partial charge in [0, 0.05) is 22.9 Å². The number of nitrogens with zero attached hydrogens (tertiary/aromatic N) is 2. The molecule has 1 saturated heterocycles. The minimum atomic E-state index is -0.424. The van der Waals surface area contributed by atoms with E-state index in [-0.39, 0.29) is 11.4 Å². The number of carbonyl (C=O) groups excluding carboxylic acids is 1. The highest BCUT2D eigenvalue weighted by Gasteiger charge is 2.20. The summed E-state index contributed by atoms with van der Waals surface area (Å²) in [5.41, 5.74) is 4.12. The van der Waals surface area contributed by atoms with Gasteiger partial charge in [-0.05, 0) is 77.1 Å². The summed E-state index contributed by atoms with van der Waals surface area (Å²) in [6.07, 6.45) is 2.59. The fraction of sp³-hybridized carbons (Fsp3) is 0.261. The lowest BCUT2D eigenvalue weighted by atomic mass is 9.94. The van der Waals surface area contributed by atoms with E-state index in [0.29, 0.717) is 27.0 Å². The van der Waals surface area contributed by atoms with Crippen molar-refractivity contribution in [2.24, 2.45) is 0 Å². The predicted molar refractivity (Wildman–Crippen MR) is 130 cm³/mol. The first-order chi connectivity index (χ1) is 15.5. The molecule has 1 atom stereocenters. The van der Waals surface area contributed by atoms with Crippen molar-refractivity contribution in [3.8, 4) is 5.88 Å². The van der Waals surface area contributed by atoms with Crippen LogP contribution in [-0.2, 0) is 0 Å². The number of halogens is 2. The molecule has 0 bridgehead atoms. The summed E-state index contributed by atoms with van der Waals surface area (Å²) in [4.78, 5) is 21.5. The molecular formula is C23H23BrClN5O2. The Hall–Kier alpha value is -2.68. The lowest BCUT2D eigenvalue weighted by Crippen LogP contribution is -2.15. The lowest BCUT2D eigenvalue weighted by Gasteiger charge is -2.15. The van der Waals surface area contributed by atoms with E-state index < -0.39 is 5.91 Å². The summed E-state index contributed by atoms with van der Waals surface area (Å²) in [5.74, 6) is 0.629. The number of nitrogens with one attached hydrogen (secondary N) is 3. The number of amides is 1. The Balaban J connectivity index is 1.52. The van der Waals surface area contributed by atoms with Gasteiger partial charge in [0.25, 0.3) is 5.91 Å². The Morgan fingerprint density at radius 1 is 1.31 bits per heavy atom. The molecule has 0 spiro atoms. The molecule has 1 fully saturated rings. The molecule has 32 heavy (non-hydrogen) atoms. The number of methoxy groups -OCH3 is 1. The predicted octanol–water partition coefficient (Wildman–Crippen LogP) is 5.28. The normalized spacial score (nSPS) is 15.4. The summed E-state index contributed by atoms with van der Waals surface area (Å²) >= 11 is 9.58. The monoisotopic (exact) mass is 515 g/mol. The van der Waals surface area contributed by atoms with E-state index in [4.69, 9.17) is 16.3 Å². The van der Waals surface area contributed by atoms with E-state index in [1.807, 2.05) is 6.07 Å². The summed E-state index contributed by atoms with van der Waals surface area (Å²) in [6.45, 7) is 4.19. The van der Waals surface area contributed by atoms with Gasteiger partial charge in [-0.2, -0.15) is 4.98 Å². The van der Waals surface area contributed by atoms with E-state index >= 15 is 0 Å². The molecule has 3 aromatic rings. The van der Waals surface area contributed by atoms with Crippen LogP contribution in [0.25, 0.3) is 0 Å². The first-order valence-electron chi connectivity index (χ1n) is 10.2. The van der Waals surface area contributed by atoms with Crippen LogP contribution in [0.5, 0.6) is 5.88 Å². The van der Waals surface area contributed by atoms with Gasteiger partial charge in [-0.25, -0.2) is 4.98 Å². The summed E-state index contributed by atoms with van der Waals surface area (Å²) in [7, 11) is 1.46. The second-order valence-corrected chi connectivity index (χ2v) is 8.81. The van der Waals surface area contributed by atoms with Crippen molar-refractivity contribution in [2.75, 3.05) is 30.8 Å². The Morgan fingerprint density at radius 2 is 2.16 bits per heavy atom. The smallest absolute Gasteiger partial charge is 0.262 e. The zero-order chi connectivity index (χ0) is 22.7. The number of ether oxygens (including phenoxy) is 1. The van der Waals surface area contributed by atoms with E-state index in [1.54, 1.807) is 18.2 Å². The molecule has 0 aliphatic carbocycles. The molecule has 1 amide bonds. The molecule has 7 nitrogen and oxygen atoms in total. The second kappa shape index (κ2) is 9.85. The van der Waals surface area contributed by atoms with Crippen LogP contribution in [-0.4, -0.2) is 36.1 Å². The molecule has 0 saturated carbocycles. The Labute approximate surface area is 200 Å². The van der Waals surface area contributed by atoms with Gasteiger partial charge >= 0.3 is 0 Å². The fourth-order valence-electron chi connectivity index (χ4n) is 3.80. The van der Waals surface area contributed by atoms with Crippen LogP contribution in [0, 0.1) is 6.92 Å². The number of aromatic nitrogens is 2. The number of rotatable bonds is 6. The first-order valence-corrected chi connectivity index (χ1v) is 11.4. The molecule has 2 heterocycles. The number of carbonyl (C=O) groups is 1. The summed E-state index contributed by atoms with van der Waals surface area (Å²) in [6, 6.07) is 11.5. The maximum atomic E-state index is 12.8. The molecule has 9 heteroatoms. The van der Waals surface area contributed by atoms with Crippen LogP contribution in [0.15, 0.2) is 47.1 Å². The fourth-order valence-corrected chi connectivity index (χ4v) is 4.60. The zero-order valence-electron chi connectivity index (χ0n) is 17.7. The molecular weight excluding hydrogens is 494 g/mol. The number of benzene rings is 2. The lowest BCUT2D eigenvalue weighted by molar-refractivity contribution is 0.102. The van der Waals surface area contributed by atoms with Gasteiger partial charge in [0.1, 0.15) is 5.56 Å². The van der Waals surface area contributed by atoms with Crippen LogP contribution in [0.4, 0.5) is 17.3 Å². The van der Waals surface area contributed by atoms with Crippen molar-refractivity contribution in [3.05, 3.63) is 68.8 Å². The Bertz CT molecular complexity index is 1130. The average Bonchev–Trinajstić information content (AvgIpc) is 3.31. The van der Waals surface area contributed by atoms with Gasteiger partial charge < -0.3 is 20.7 Å². The van der Waals surface area contributed by atoms with Gasteiger partial charge in [0.05, 0.1) is 17.8 Å². The number of hydrogen-bond donors (Lipinski definition) is 3. The maximum absolute atomic E-state index is 12.8. The molecule has 1 aromatic heterocycles. The molecule has 1 aliphatic heterocycles. The van der Waals surface area contributed by atoms with Crippen LogP contribution in [0.1, 0.15) is 33.8 Å². The quantitative estimate of drug-likeness (QED) is 0.413. The number of para-hydroxylation sites is 1. The van der Waals surface area contributed by atoms with Gasteiger partial charge in [-0.15, -0.1) is 0 Å². The highest BCUT2D eigenvalue weighted by atomic mass is 79.9. The molecule has 1 aliphatic rings. The van der Waals surface area contributed by atoms with Crippen molar-refractivity contribution in [1.82, 2.24) is 15.3 Å². The summed E-state index contributed by atoms with van der Waals surface area (Å²) in [5, 5.41) is 9.79. The number of anilines is 3. The van der Waals surface area contributed by atoms with Crippen LogP contribution in [0.3, 0.4) is 0 Å². The van der Waals surface area contributed by atoms with Gasteiger partial charge in [0.2, 0.25) is 11.8 Å². The minimum Gasteiger partial charge on any atom is -0.480 e. The molecule has 4 rings (SSSR count). The van der Waals surface area contributed by atoms with E-state index in [1.165, 1.54) is 24.4 Å². The Kier molecular flexibility index (Phi) is 6.93. The largest absolute Gasteiger partial charge is 0.480 e. The molecule has 166 valence electrons. The van der Waals surface area contributed by atoms with Crippen molar-refractivity contribution in [1.29, 1.82) is 0 Å². The average molecular weight is 517 g/mol. The molecule has 0 unspecified atom stereocenters.